The number of rotatable bonds is 4. The van der Waals surface area contributed by atoms with Crippen LogP contribution in [0.5, 0.6) is 0 Å². The summed E-state index contributed by atoms with van der Waals surface area (Å²) in [5.74, 6) is 0.348. The van der Waals surface area contributed by atoms with E-state index < -0.39 is 0 Å². The Morgan fingerprint density at radius 1 is 1.57 bits per heavy atom. The fraction of sp³-hybridized carbons (Fsp3) is 0.909. The predicted molar refractivity (Wildman–Crippen MR) is 58.4 cm³/mol. The van der Waals surface area contributed by atoms with Gasteiger partial charge >= 0.3 is 0 Å². The normalized spacial score (nSPS) is 24.1. The van der Waals surface area contributed by atoms with Crippen LogP contribution >= 0.6 is 0 Å². The van der Waals surface area contributed by atoms with Crippen LogP contribution in [0.2, 0.25) is 0 Å². The molecule has 1 aliphatic rings. The topological polar surface area (TPSA) is 23.6 Å². The molecule has 1 heterocycles. The summed E-state index contributed by atoms with van der Waals surface area (Å²) in [5, 5.41) is 0. The number of carbonyl (C=O) groups excluding carboxylic acids is 1. The van der Waals surface area contributed by atoms with Crippen LogP contribution in [0.1, 0.15) is 26.2 Å². The SMILES string of the molecule is CCC(=O)CN(C)C1CCCN(C)C1. The Morgan fingerprint density at radius 2 is 2.29 bits per heavy atom. The molecule has 0 aliphatic carbocycles. The lowest BCUT2D eigenvalue weighted by Crippen LogP contribution is -2.46. The Labute approximate surface area is 87.1 Å². The third-order valence-electron chi connectivity index (χ3n) is 3.04. The van der Waals surface area contributed by atoms with Gasteiger partial charge in [-0.25, -0.2) is 0 Å². The van der Waals surface area contributed by atoms with E-state index in [2.05, 4.69) is 23.9 Å². The van der Waals surface area contributed by atoms with Gasteiger partial charge in [-0.2, -0.15) is 0 Å². The molecule has 0 aromatic rings. The number of hydrogen-bond acceptors (Lipinski definition) is 3. The quantitative estimate of drug-likeness (QED) is 0.673. The smallest absolute Gasteiger partial charge is 0.146 e. The van der Waals surface area contributed by atoms with Gasteiger partial charge in [-0.1, -0.05) is 6.92 Å². The number of carbonyl (C=O) groups is 1. The first-order chi connectivity index (χ1) is 6.63. The summed E-state index contributed by atoms with van der Waals surface area (Å²) >= 11 is 0. The first-order valence-electron chi connectivity index (χ1n) is 5.54. The molecule has 1 unspecified atom stereocenters. The van der Waals surface area contributed by atoms with E-state index in [1.165, 1.54) is 19.4 Å². The molecule has 3 heteroatoms. The molecule has 0 aromatic carbocycles. The zero-order valence-corrected chi connectivity index (χ0v) is 9.62. The van der Waals surface area contributed by atoms with E-state index >= 15 is 0 Å². The number of hydrogen-bond donors (Lipinski definition) is 0. The van der Waals surface area contributed by atoms with Crippen LogP contribution in [0.25, 0.3) is 0 Å². The number of ketones is 1. The zero-order chi connectivity index (χ0) is 10.6. The number of nitrogens with zero attached hydrogens (tertiary/aromatic N) is 2. The van der Waals surface area contributed by atoms with Crippen LogP contribution in [-0.4, -0.2) is 55.4 Å². The van der Waals surface area contributed by atoms with E-state index in [1.807, 2.05) is 6.92 Å². The van der Waals surface area contributed by atoms with Crippen molar-refractivity contribution in [1.82, 2.24) is 9.80 Å². The molecule has 1 rings (SSSR count). The minimum absolute atomic E-state index is 0.348. The van der Waals surface area contributed by atoms with E-state index in [9.17, 15) is 4.79 Å². The molecule has 0 radical (unpaired) electrons. The fourth-order valence-electron chi connectivity index (χ4n) is 2.02. The fourth-order valence-corrected chi connectivity index (χ4v) is 2.02. The van der Waals surface area contributed by atoms with Gasteiger partial charge in [0, 0.05) is 19.0 Å². The van der Waals surface area contributed by atoms with Gasteiger partial charge in [-0.05, 0) is 33.5 Å². The van der Waals surface area contributed by atoms with E-state index in [0.29, 0.717) is 24.8 Å². The van der Waals surface area contributed by atoms with Crippen LogP contribution in [0, 0.1) is 0 Å². The summed E-state index contributed by atoms with van der Waals surface area (Å²) in [6, 6.07) is 0.573. The van der Waals surface area contributed by atoms with Crippen molar-refractivity contribution in [1.29, 1.82) is 0 Å². The number of Topliss-reactive ketones (excluding diaryl/α,β-unsaturated/α-hetero) is 1. The second-order valence-corrected chi connectivity index (χ2v) is 4.37. The van der Waals surface area contributed by atoms with Crippen LogP contribution in [0.3, 0.4) is 0 Å². The summed E-state index contributed by atoms with van der Waals surface area (Å²) in [5.41, 5.74) is 0. The van der Waals surface area contributed by atoms with E-state index in [-0.39, 0.29) is 0 Å². The molecular formula is C11H22N2O. The Bertz CT molecular complexity index is 194. The molecule has 0 N–H and O–H groups in total. The van der Waals surface area contributed by atoms with Crippen molar-refractivity contribution >= 4 is 5.78 Å². The van der Waals surface area contributed by atoms with E-state index in [0.717, 1.165) is 6.54 Å². The standard InChI is InChI=1S/C11H22N2O/c1-4-11(14)9-13(3)10-6-5-7-12(2)8-10/h10H,4-9H2,1-3H3. The van der Waals surface area contributed by atoms with E-state index in [4.69, 9.17) is 0 Å². The molecule has 1 aliphatic heterocycles. The molecule has 1 atom stereocenters. The van der Waals surface area contributed by atoms with Crippen molar-refractivity contribution in [3.8, 4) is 0 Å². The third-order valence-corrected chi connectivity index (χ3v) is 3.04. The van der Waals surface area contributed by atoms with Crippen LogP contribution in [0.15, 0.2) is 0 Å². The van der Waals surface area contributed by atoms with Crippen molar-refractivity contribution < 1.29 is 4.79 Å². The molecule has 0 saturated carbocycles. The third kappa shape index (κ3) is 3.39. The lowest BCUT2D eigenvalue weighted by molar-refractivity contribution is -0.120. The minimum atomic E-state index is 0.348. The summed E-state index contributed by atoms with van der Waals surface area (Å²) in [7, 11) is 4.22. The van der Waals surface area contributed by atoms with Crippen LogP contribution in [0.4, 0.5) is 0 Å². The number of piperidine rings is 1. The predicted octanol–water partition coefficient (Wildman–Crippen LogP) is 0.992. The van der Waals surface area contributed by atoms with Crippen LogP contribution in [-0.2, 0) is 4.79 Å². The zero-order valence-electron chi connectivity index (χ0n) is 9.62. The monoisotopic (exact) mass is 198 g/mol. The van der Waals surface area contributed by atoms with Crippen molar-refractivity contribution in [3.63, 3.8) is 0 Å². The van der Waals surface area contributed by atoms with Crippen molar-refractivity contribution in [3.05, 3.63) is 0 Å². The first-order valence-corrected chi connectivity index (χ1v) is 5.54. The average Bonchev–Trinajstić information content (AvgIpc) is 2.17. The number of likely N-dealkylation sites (tertiary alicyclic amines) is 1. The second kappa shape index (κ2) is 5.47. The Kier molecular flexibility index (Phi) is 4.55. The molecule has 14 heavy (non-hydrogen) atoms. The van der Waals surface area contributed by atoms with Crippen molar-refractivity contribution in [2.75, 3.05) is 33.7 Å². The van der Waals surface area contributed by atoms with E-state index in [1.54, 1.807) is 0 Å². The largest absolute Gasteiger partial charge is 0.305 e. The molecule has 1 fully saturated rings. The first kappa shape index (κ1) is 11.7. The summed E-state index contributed by atoms with van der Waals surface area (Å²) in [6.07, 6.45) is 3.15. The molecular weight excluding hydrogens is 176 g/mol. The van der Waals surface area contributed by atoms with Gasteiger partial charge in [-0.15, -0.1) is 0 Å². The summed E-state index contributed by atoms with van der Waals surface area (Å²) in [6.45, 7) is 4.86. The molecule has 3 nitrogen and oxygen atoms in total. The van der Waals surface area contributed by atoms with Crippen molar-refractivity contribution in [2.45, 2.75) is 32.2 Å². The van der Waals surface area contributed by atoms with Gasteiger partial charge in [-0.3, -0.25) is 9.69 Å². The van der Waals surface area contributed by atoms with Gasteiger partial charge < -0.3 is 4.90 Å². The van der Waals surface area contributed by atoms with Gasteiger partial charge in [0.1, 0.15) is 5.78 Å². The van der Waals surface area contributed by atoms with Gasteiger partial charge in [0.25, 0.3) is 0 Å². The lowest BCUT2D eigenvalue weighted by Gasteiger charge is -2.35. The molecule has 0 aromatic heterocycles. The molecule has 0 amide bonds. The maximum atomic E-state index is 11.3. The van der Waals surface area contributed by atoms with Gasteiger partial charge in [0.2, 0.25) is 0 Å². The highest BCUT2D eigenvalue weighted by Crippen LogP contribution is 2.13. The highest BCUT2D eigenvalue weighted by atomic mass is 16.1. The summed E-state index contributed by atoms with van der Waals surface area (Å²) in [4.78, 5) is 15.8. The Morgan fingerprint density at radius 3 is 2.86 bits per heavy atom. The Balaban J connectivity index is 2.35. The maximum absolute atomic E-state index is 11.3. The Hall–Kier alpha value is -0.410. The molecule has 0 spiro atoms. The van der Waals surface area contributed by atoms with Gasteiger partial charge in [0.05, 0.1) is 6.54 Å². The highest BCUT2D eigenvalue weighted by Gasteiger charge is 2.21. The molecule has 82 valence electrons. The second-order valence-electron chi connectivity index (χ2n) is 4.37. The summed E-state index contributed by atoms with van der Waals surface area (Å²) < 4.78 is 0. The van der Waals surface area contributed by atoms with Crippen molar-refractivity contribution in [2.24, 2.45) is 0 Å². The average molecular weight is 198 g/mol. The number of likely N-dealkylation sites (N-methyl/N-ethyl adjacent to an activating group) is 2. The van der Waals surface area contributed by atoms with Gasteiger partial charge in [0.15, 0.2) is 0 Å². The maximum Gasteiger partial charge on any atom is 0.146 e. The molecule has 1 saturated heterocycles. The molecule has 0 bridgehead atoms. The highest BCUT2D eigenvalue weighted by molar-refractivity contribution is 5.80. The minimum Gasteiger partial charge on any atom is -0.305 e. The lowest BCUT2D eigenvalue weighted by atomic mass is 10.0. The van der Waals surface area contributed by atoms with Crippen LogP contribution < -0.4 is 0 Å².